The average Bonchev–Trinajstić information content (AvgIpc) is 2.33. The van der Waals surface area contributed by atoms with Crippen molar-refractivity contribution in [2.45, 2.75) is 39.3 Å². The molecular formula is C15H23NO3. The first-order valence-corrected chi connectivity index (χ1v) is 6.38. The normalized spacial score (nSPS) is 13.4. The van der Waals surface area contributed by atoms with Crippen molar-refractivity contribution in [1.82, 2.24) is 4.90 Å². The number of carbonyl (C=O) groups is 1. The fourth-order valence-electron chi connectivity index (χ4n) is 2.18. The minimum atomic E-state index is -0.815. The molecule has 0 bridgehead atoms. The molecule has 0 aliphatic carbocycles. The minimum absolute atomic E-state index is 0.00574. The number of methoxy groups -OCH3 is 1. The Bertz CT molecular complexity index is 437. The topological polar surface area (TPSA) is 49.8 Å². The average molecular weight is 265 g/mol. The van der Waals surface area contributed by atoms with Gasteiger partial charge in [-0.25, -0.2) is 0 Å². The van der Waals surface area contributed by atoms with Gasteiger partial charge in [0.1, 0.15) is 5.75 Å². The summed E-state index contributed by atoms with van der Waals surface area (Å²) in [6.07, 6.45) is 0. The molecule has 0 saturated heterocycles. The number of aliphatic carboxylic acids is 1. The van der Waals surface area contributed by atoms with Gasteiger partial charge >= 0.3 is 5.97 Å². The summed E-state index contributed by atoms with van der Waals surface area (Å²) in [4.78, 5) is 13.0. The van der Waals surface area contributed by atoms with Gasteiger partial charge in [-0.2, -0.15) is 0 Å². The lowest BCUT2D eigenvalue weighted by Crippen LogP contribution is -2.45. The maximum Gasteiger partial charge on any atom is 0.317 e. The van der Waals surface area contributed by atoms with Crippen molar-refractivity contribution in [3.05, 3.63) is 29.8 Å². The van der Waals surface area contributed by atoms with Gasteiger partial charge in [0.25, 0.3) is 0 Å². The predicted octanol–water partition coefficient (Wildman–Crippen LogP) is 2.94. The number of hydrogen-bond acceptors (Lipinski definition) is 3. The standard InChI is InChI=1S/C15H23NO3/c1-11(12-7-6-8-13(9-12)19-5)16(10-14(17)18)15(2,3)4/h6-9,11H,10H2,1-5H3,(H,17,18). The van der Waals surface area contributed by atoms with E-state index in [9.17, 15) is 4.79 Å². The third-order valence-corrected chi connectivity index (χ3v) is 3.21. The smallest absolute Gasteiger partial charge is 0.317 e. The first kappa shape index (κ1) is 15.5. The third kappa shape index (κ3) is 4.24. The molecule has 0 fully saturated rings. The van der Waals surface area contributed by atoms with Crippen molar-refractivity contribution in [2.24, 2.45) is 0 Å². The monoisotopic (exact) mass is 265 g/mol. The van der Waals surface area contributed by atoms with Crippen molar-refractivity contribution in [3.8, 4) is 5.75 Å². The van der Waals surface area contributed by atoms with Crippen LogP contribution in [0.3, 0.4) is 0 Å². The zero-order valence-electron chi connectivity index (χ0n) is 12.3. The van der Waals surface area contributed by atoms with Crippen LogP contribution in [0.2, 0.25) is 0 Å². The number of carboxylic acids is 1. The van der Waals surface area contributed by atoms with E-state index in [1.165, 1.54) is 0 Å². The van der Waals surface area contributed by atoms with Gasteiger partial charge in [-0.3, -0.25) is 9.69 Å². The van der Waals surface area contributed by atoms with Crippen molar-refractivity contribution in [2.75, 3.05) is 13.7 Å². The molecule has 0 radical (unpaired) electrons. The van der Waals surface area contributed by atoms with Gasteiger partial charge in [0, 0.05) is 11.6 Å². The number of nitrogens with zero attached hydrogens (tertiary/aromatic N) is 1. The van der Waals surface area contributed by atoms with Crippen LogP contribution in [0.4, 0.5) is 0 Å². The highest BCUT2D eigenvalue weighted by molar-refractivity contribution is 5.69. The van der Waals surface area contributed by atoms with E-state index in [2.05, 4.69) is 0 Å². The summed E-state index contributed by atoms with van der Waals surface area (Å²) in [5.41, 5.74) is 0.830. The van der Waals surface area contributed by atoms with Gasteiger partial charge in [-0.05, 0) is 45.4 Å². The van der Waals surface area contributed by atoms with Crippen molar-refractivity contribution in [3.63, 3.8) is 0 Å². The van der Waals surface area contributed by atoms with Crippen LogP contribution in [0, 0.1) is 0 Å². The van der Waals surface area contributed by atoms with Crippen LogP contribution in [0.15, 0.2) is 24.3 Å². The first-order chi connectivity index (χ1) is 8.75. The van der Waals surface area contributed by atoms with Crippen LogP contribution in [-0.2, 0) is 4.79 Å². The second kappa shape index (κ2) is 6.06. The minimum Gasteiger partial charge on any atom is -0.497 e. The Morgan fingerprint density at radius 3 is 2.53 bits per heavy atom. The molecule has 0 saturated carbocycles. The summed E-state index contributed by atoms with van der Waals surface area (Å²) >= 11 is 0. The van der Waals surface area contributed by atoms with E-state index in [-0.39, 0.29) is 18.1 Å². The first-order valence-electron chi connectivity index (χ1n) is 6.38. The van der Waals surface area contributed by atoms with Crippen LogP contribution in [-0.4, -0.2) is 35.2 Å². The third-order valence-electron chi connectivity index (χ3n) is 3.21. The summed E-state index contributed by atoms with van der Waals surface area (Å²) < 4.78 is 5.22. The Kier molecular flexibility index (Phi) is 4.95. The second-order valence-corrected chi connectivity index (χ2v) is 5.65. The van der Waals surface area contributed by atoms with Gasteiger partial charge in [-0.1, -0.05) is 12.1 Å². The van der Waals surface area contributed by atoms with Gasteiger partial charge in [0.15, 0.2) is 0 Å². The Hall–Kier alpha value is -1.55. The van der Waals surface area contributed by atoms with Crippen LogP contribution in [0.25, 0.3) is 0 Å². The molecular weight excluding hydrogens is 242 g/mol. The lowest BCUT2D eigenvalue weighted by atomic mass is 9.98. The van der Waals surface area contributed by atoms with E-state index in [1.54, 1.807) is 7.11 Å². The van der Waals surface area contributed by atoms with E-state index in [0.29, 0.717) is 0 Å². The lowest BCUT2D eigenvalue weighted by Gasteiger charge is -2.39. The fourth-order valence-corrected chi connectivity index (χ4v) is 2.18. The lowest BCUT2D eigenvalue weighted by molar-refractivity contribution is -0.140. The summed E-state index contributed by atoms with van der Waals surface area (Å²) in [5.74, 6) is -0.0294. The molecule has 1 N–H and O–H groups in total. The Labute approximate surface area is 115 Å². The number of hydrogen-bond donors (Lipinski definition) is 1. The summed E-state index contributed by atoms with van der Waals surface area (Å²) in [5, 5.41) is 9.08. The molecule has 1 unspecified atom stereocenters. The number of benzene rings is 1. The molecule has 19 heavy (non-hydrogen) atoms. The Morgan fingerprint density at radius 2 is 2.05 bits per heavy atom. The molecule has 0 aliphatic heterocycles. The molecule has 0 amide bonds. The van der Waals surface area contributed by atoms with Gasteiger partial charge < -0.3 is 9.84 Å². The van der Waals surface area contributed by atoms with E-state index >= 15 is 0 Å². The summed E-state index contributed by atoms with van der Waals surface area (Å²) in [6, 6.07) is 7.76. The van der Waals surface area contributed by atoms with Crippen LogP contribution < -0.4 is 4.74 Å². The second-order valence-electron chi connectivity index (χ2n) is 5.65. The molecule has 1 aromatic rings. The highest BCUT2D eigenvalue weighted by atomic mass is 16.5. The molecule has 1 aromatic carbocycles. The molecule has 106 valence electrons. The van der Waals surface area contributed by atoms with E-state index in [1.807, 2.05) is 56.9 Å². The SMILES string of the molecule is COc1cccc(C(C)N(CC(=O)O)C(C)(C)C)c1. The predicted molar refractivity (Wildman–Crippen MR) is 75.5 cm³/mol. The summed E-state index contributed by atoms with van der Waals surface area (Å²) in [7, 11) is 1.63. The Morgan fingerprint density at radius 1 is 1.42 bits per heavy atom. The quantitative estimate of drug-likeness (QED) is 0.889. The summed E-state index contributed by atoms with van der Waals surface area (Å²) in [6.45, 7) is 8.09. The molecule has 0 aromatic heterocycles. The number of carboxylic acid groups (broad SMARTS) is 1. The van der Waals surface area contributed by atoms with Crippen molar-refractivity contribution >= 4 is 5.97 Å². The molecule has 4 nitrogen and oxygen atoms in total. The maximum absolute atomic E-state index is 11.0. The zero-order chi connectivity index (χ0) is 14.6. The van der Waals surface area contributed by atoms with Gasteiger partial charge in [-0.15, -0.1) is 0 Å². The maximum atomic E-state index is 11.0. The van der Waals surface area contributed by atoms with E-state index < -0.39 is 5.97 Å². The Balaban J connectivity index is 3.04. The number of ether oxygens (including phenoxy) is 1. The number of rotatable bonds is 5. The zero-order valence-corrected chi connectivity index (χ0v) is 12.3. The molecule has 0 spiro atoms. The van der Waals surface area contributed by atoms with Crippen LogP contribution in [0.1, 0.15) is 39.3 Å². The van der Waals surface area contributed by atoms with Crippen molar-refractivity contribution < 1.29 is 14.6 Å². The molecule has 1 atom stereocenters. The van der Waals surface area contributed by atoms with Crippen molar-refractivity contribution in [1.29, 1.82) is 0 Å². The molecule has 1 rings (SSSR count). The highest BCUT2D eigenvalue weighted by Gasteiger charge is 2.29. The van der Waals surface area contributed by atoms with Gasteiger partial charge in [0.05, 0.1) is 13.7 Å². The molecule has 4 heteroatoms. The molecule has 0 heterocycles. The van der Waals surface area contributed by atoms with E-state index in [0.717, 1.165) is 11.3 Å². The molecule has 0 aliphatic rings. The highest BCUT2D eigenvalue weighted by Crippen LogP contribution is 2.29. The van der Waals surface area contributed by atoms with Gasteiger partial charge in [0.2, 0.25) is 0 Å². The van der Waals surface area contributed by atoms with E-state index in [4.69, 9.17) is 9.84 Å². The van der Waals surface area contributed by atoms with Crippen LogP contribution in [0.5, 0.6) is 5.75 Å². The fraction of sp³-hybridized carbons (Fsp3) is 0.533. The van der Waals surface area contributed by atoms with Crippen LogP contribution >= 0.6 is 0 Å². The largest absolute Gasteiger partial charge is 0.497 e.